The van der Waals surface area contributed by atoms with E-state index < -0.39 is 0 Å². The van der Waals surface area contributed by atoms with E-state index >= 15 is 0 Å². The molecule has 0 amide bonds. The second-order valence-electron chi connectivity index (χ2n) is 5.83. The van der Waals surface area contributed by atoms with Crippen molar-refractivity contribution in [1.82, 2.24) is 0 Å². The van der Waals surface area contributed by atoms with Crippen LogP contribution in [0.5, 0.6) is 0 Å². The lowest BCUT2D eigenvalue weighted by Crippen LogP contribution is -2.34. The highest BCUT2D eigenvalue weighted by Gasteiger charge is 2.40. The molecule has 1 spiro atoms. The quantitative estimate of drug-likeness (QED) is 0.720. The molecule has 3 rings (SSSR count). The lowest BCUT2D eigenvalue weighted by Gasteiger charge is -2.41. The second kappa shape index (κ2) is 4.38. The average Bonchev–Trinajstić information content (AvgIpc) is 2.38. The van der Waals surface area contributed by atoms with Gasteiger partial charge >= 0.3 is 0 Å². The molecular formula is C17H20O. The van der Waals surface area contributed by atoms with E-state index in [2.05, 4.69) is 30.3 Å². The van der Waals surface area contributed by atoms with Gasteiger partial charge in [0, 0.05) is 11.0 Å². The first kappa shape index (κ1) is 11.7. The fourth-order valence-corrected chi connectivity index (χ4v) is 3.75. The minimum absolute atomic E-state index is 0.151. The molecule has 1 heteroatoms. The fraction of sp³-hybridized carbons (Fsp3) is 0.471. The van der Waals surface area contributed by atoms with Crippen molar-refractivity contribution < 1.29 is 4.79 Å². The van der Waals surface area contributed by atoms with Crippen LogP contribution in [0, 0.1) is 5.41 Å². The van der Waals surface area contributed by atoms with E-state index in [0.29, 0.717) is 0 Å². The molecule has 1 nitrogen and oxygen atoms in total. The highest BCUT2D eigenvalue weighted by atomic mass is 16.1. The first-order valence-electron chi connectivity index (χ1n) is 7.02. The van der Waals surface area contributed by atoms with E-state index in [4.69, 9.17) is 0 Å². The summed E-state index contributed by atoms with van der Waals surface area (Å²) in [6.45, 7) is 1.73. The Labute approximate surface area is 109 Å². The molecule has 0 radical (unpaired) electrons. The van der Waals surface area contributed by atoms with Crippen LogP contribution in [0.1, 0.15) is 50.2 Å². The van der Waals surface area contributed by atoms with E-state index in [1.807, 2.05) is 0 Å². The highest BCUT2D eigenvalue weighted by Crippen LogP contribution is 2.48. The summed E-state index contributed by atoms with van der Waals surface area (Å²) in [6.07, 6.45) is 9.47. The van der Waals surface area contributed by atoms with Crippen LogP contribution < -0.4 is 0 Å². The molecule has 0 heterocycles. The number of carbonyl (C=O) groups is 1. The van der Waals surface area contributed by atoms with Crippen LogP contribution >= 0.6 is 0 Å². The summed E-state index contributed by atoms with van der Waals surface area (Å²) in [5, 5.41) is 0. The smallest absolute Gasteiger partial charge is 0.156 e. The number of hydrogen-bond donors (Lipinski definition) is 0. The SMILES string of the molecule is CC(=O)C1=Cc2ccccc2CC12CCCCC2. The lowest BCUT2D eigenvalue weighted by molar-refractivity contribution is -0.114. The molecule has 2 aliphatic carbocycles. The maximum Gasteiger partial charge on any atom is 0.156 e. The van der Waals surface area contributed by atoms with Gasteiger partial charge in [0.2, 0.25) is 0 Å². The number of rotatable bonds is 1. The van der Waals surface area contributed by atoms with E-state index in [1.54, 1.807) is 6.92 Å². The van der Waals surface area contributed by atoms with Gasteiger partial charge in [0.15, 0.2) is 5.78 Å². The first-order valence-corrected chi connectivity index (χ1v) is 7.02. The molecule has 94 valence electrons. The molecule has 0 atom stereocenters. The molecule has 18 heavy (non-hydrogen) atoms. The van der Waals surface area contributed by atoms with E-state index in [0.717, 1.165) is 12.0 Å². The minimum atomic E-state index is 0.151. The van der Waals surface area contributed by atoms with Gasteiger partial charge in [0.05, 0.1) is 0 Å². The zero-order valence-electron chi connectivity index (χ0n) is 11.0. The maximum atomic E-state index is 12.0. The zero-order chi connectivity index (χ0) is 12.6. The summed E-state index contributed by atoms with van der Waals surface area (Å²) in [6, 6.07) is 8.53. The van der Waals surface area contributed by atoms with Gasteiger partial charge in [-0.2, -0.15) is 0 Å². The number of hydrogen-bond acceptors (Lipinski definition) is 1. The zero-order valence-corrected chi connectivity index (χ0v) is 11.0. The topological polar surface area (TPSA) is 17.1 Å². The van der Waals surface area contributed by atoms with Crippen molar-refractivity contribution in [2.75, 3.05) is 0 Å². The van der Waals surface area contributed by atoms with Gasteiger partial charge in [-0.25, -0.2) is 0 Å². The predicted octanol–water partition coefficient (Wildman–Crippen LogP) is 4.17. The molecule has 0 aliphatic heterocycles. The van der Waals surface area contributed by atoms with Crippen LogP contribution in [0.25, 0.3) is 6.08 Å². The van der Waals surface area contributed by atoms with Crippen molar-refractivity contribution in [3.63, 3.8) is 0 Å². The number of allylic oxidation sites excluding steroid dienone is 1. The summed E-state index contributed by atoms with van der Waals surface area (Å²) < 4.78 is 0. The Hall–Kier alpha value is -1.37. The Morgan fingerprint density at radius 3 is 2.56 bits per heavy atom. The average molecular weight is 240 g/mol. The van der Waals surface area contributed by atoms with Gasteiger partial charge in [0.1, 0.15) is 0 Å². The van der Waals surface area contributed by atoms with Crippen molar-refractivity contribution in [3.05, 3.63) is 41.0 Å². The normalized spacial score (nSPS) is 21.3. The number of Topliss-reactive ketones (excluding diaryl/α,β-unsaturated/α-hetero) is 1. The van der Waals surface area contributed by atoms with Gasteiger partial charge in [0.25, 0.3) is 0 Å². The summed E-state index contributed by atoms with van der Waals surface area (Å²) in [5.41, 5.74) is 3.91. The molecule has 1 aromatic carbocycles. The summed E-state index contributed by atoms with van der Waals surface area (Å²) in [4.78, 5) is 12.0. The Kier molecular flexibility index (Phi) is 2.85. The number of carbonyl (C=O) groups excluding carboxylic acids is 1. The first-order chi connectivity index (χ1) is 8.71. The third kappa shape index (κ3) is 1.82. The largest absolute Gasteiger partial charge is 0.295 e. The predicted molar refractivity (Wildman–Crippen MR) is 74.3 cm³/mol. The molecule has 0 N–H and O–H groups in total. The van der Waals surface area contributed by atoms with Gasteiger partial charge in [-0.15, -0.1) is 0 Å². The number of fused-ring (bicyclic) bond motifs is 1. The van der Waals surface area contributed by atoms with Crippen molar-refractivity contribution in [3.8, 4) is 0 Å². The number of ketones is 1. The van der Waals surface area contributed by atoms with Crippen molar-refractivity contribution in [2.45, 2.75) is 45.4 Å². The summed E-state index contributed by atoms with van der Waals surface area (Å²) in [5.74, 6) is 0.270. The van der Waals surface area contributed by atoms with Crippen molar-refractivity contribution >= 4 is 11.9 Å². The summed E-state index contributed by atoms with van der Waals surface area (Å²) >= 11 is 0. The molecule has 1 fully saturated rings. The monoisotopic (exact) mass is 240 g/mol. The molecule has 1 aromatic rings. The van der Waals surface area contributed by atoms with Crippen LogP contribution in [-0.4, -0.2) is 5.78 Å². The third-order valence-corrected chi connectivity index (χ3v) is 4.65. The van der Waals surface area contributed by atoms with E-state index in [-0.39, 0.29) is 11.2 Å². The Balaban J connectivity index is 2.09. The molecule has 2 aliphatic rings. The van der Waals surface area contributed by atoms with Gasteiger partial charge in [-0.05, 0) is 43.4 Å². The Morgan fingerprint density at radius 2 is 1.83 bits per heavy atom. The van der Waals surface area contributed by atoms with Crippen LogP contribution in [0.2, 0.25) is 0 Å². The number of benzene rings is 1. The van der Waals surface area contributed by atoms with E-state index in [1.165, 1.54) is 43.2 Å². The third-order valence-electron chi connectivity index (χ3n) is 4.65. The molecule has 0 saturated heterocycles. The van der Waals surface area contributed by atoms with Crippen molar-refractivity contribution in [1.29, 1.82) is 0 Å². The Bertz CT molecular complexity index is 504. The standard InChI is InChI=1S/C17H20O/c1-13(18)16-11-14-7-3-4-8-15(14)12-17(16)9-5-2-6-10-17/h3-4,7-8,11H,2,5-6,9-10,12H2,1H3. The van der Waals surface area contributed by atoms with Crippen LogP contribution in [0.4, 0.5) is 0 Å². The highest BCUT2D eigenvalue weighted by molar-refractivity contribution is 6.00. The second-order valence-corrected chi connectivity index (χ2v) is 5.83. The maximum absolute atomic E-state index is 12.0. The molecule has 0 aromatic heterocycles. The van der Waals surface area contributed by atoms with Crippen molar-refractivity contribution in [2.24, 2.45) is 5.41 Å². The molecule has 0 unspecified atom stereocenters. The van der Waals surface area contributed by atoms with Gasteiger partial charge in [-0.1, -0.05) is 43.5 Å². The Morgan fingerprint density at radius 1 is 1.11 bits per heavy atom. The van der Waals surface area contributed by atoms with Gasteiger partial charge in [-0.3, -0.25) is 4.79 Å². The van der Waals surface area contributed by atoms with Gasteiger partial charge < -0.3 is 0 Å². The lowest BCUT2D eigenvalue weighted by atomic mass is 9.62. The van der Waals surface area contributed by atoms with E-state index in [9.17, 15) is 4.79 Å². The van der Waals surface area contributed by atoms with Crippen LogP contribution in [0.3, 0.4) is 0 Å². The van der Waals surface area contributed by atoms with Crippen LogP contribution in [0.15, 0.2) is 29.8 Å². The van der Waals surface area contributed by atoms with Crippen LogP contribution in [-0.2, 0) is 11.2 Å². The minimum Gasteiger partial charge on any atom is -0.295 e. The molecular weight excluding hydrogens is 220 g/mol. The molecule has 0 bridgehead atoms. The fourth-order valence-electron chi connectivity index (χ4n) is 3.75. The summed E-state index contributed by atoms with van der Waals surface area (Å²) in [7, 11) is 0. The molecule has 1 saturated carbocycles.